The van der Waals surface area contributed by atoms with E-state index in [2.05, 4.69) is 106 Å². The van der Waals surface area contributed by atoms with E-state index in [4.69, 9.17) is 0 Å². The molecular formula is C40H56Br2N4O2. The van der Waals surface area contributed by atoms with Gasteiger partial charge in [-0.25, -0.2) is 0 Å². The van der Waals surface area contributed by atoms with Crippen LogP contribution in [0.4, 0.5) is 0 Å². The molecule has 2 amide bonds. The van der Waals surface area contributed by atoms with Crippen molar-refractivity contribution in [1.82, 2.24) is 19.6 Å². The van der Waals surface area contributed by atoms with E-state index in [1.807, 2.05) is 12.1 Å². The van der Waals surface area contributed by atoms with Crippen molar-refractivity contribution in [3.63, 3.8) is 0 Å². The summed E-state index contributed by atoms with van der Waals surface area (Å²) in [6.45, 7) is 12.8. The fraction of sp³-hybridized carbons (Fsp3) is 0.500. The Morgan fingerprint density at radius 2 is 0.958 bits per heavy atom. The third-order valence-electron chi connectivity index (χ3n) is 9.59. The highest BCUT2D eigenvalue weighted by molar-refractivity contribution is 8.93. The van der Waals surface area contributed by atoms with Crippen molar-refractivity contribution in [2.45, 2.75) is 78.6 Å². The monoisotopic (exact) mass is 782 g/mol. The van der Waals surface area contributed by atoms with Crippen LogP contribution < -0.4 is 0 Å². The minimum atomic E-state index is 0. The summed E-state index contributed by atoms with van der Waals surface area (Å²) in [7, 11) is 0. The highest BCUT2D eigenvalue weighted by atomic mass is 79.9. The average molecular weight is 785 g/mol. The van der Waals surface area contributed by atoms with Crippen molar-refractivity contribution >= 4 is 45.8 Å². The second-order valence-corrected chi connectivity index (χ2v) is 13.5. The van der Waals surface area contributed by atoms with Crippen LogP contribution >= 0.6 is 34.0 Å². The highest BCUT2D eigenvalue weighted by Gasteiger charge is 2.30. The van der Waals surface area contributed by atoms with Gasteiger partial charge in [0.25, 0.3) is 0 Å². The van der Waals surface area contributed by atoms with Crippen LogP contribution in [0.5, 0.6) is 0 Å². The molecule has 48 heavy (non-hydrogen) atoms. The average Bonchev–Trinajstić information content (AvgIpc) is 3.09. The van der Waals surface area contributed by atoms with Crippen molar-refractivity contribution in [3.8, 4) is 0 Å². The van der Waals surface area contributed by atoms with E-state index < -0.39 is 0 Å². The zero-order valence-electron chi connectivity index (χ0n) is 29.0. The molecule has 2 heterocycles. The van der Waals surface area contributed by atoms with Crippen LogP contribution in [-0.2, 0) is 35.8 Å². The van der Waals surface area contributed by atoms with Crippen molar-refractivity contribution in [1.29, 1.82) is 0 Å². The first-order chi connectivity index (χ1) is 22.5. The summed E-state index contributed by atoms with van der Waals surface area (Å²) in [4.78, 5) is 36.3. The van der Waals surface area contributed by atoms with E-state index in [1.165, 1.54) is 22.3 Å². The molecule has 0 aromatic heterocycles. The topological polar surface area (TPSA) is 47.1 Å². The van der Waals surface area contributed by atoms with E-state index in [9.17, 15) is 9.59 Å². The quantitative estimate of drug-likeness (QED) is 0.166. The Balaban J connectivity index is 0.00000312. The van der Waals surface area contributed by atoms with E-state index >= 15 is 0 Å². The predicted octanol–water partition coefficient (Wildman–Crippen LogP) is 8.14. The third kappa shape index (κ3) is 11.8. The van der Waals surface area contributed by atoms with Crippen LogP contribution in [0.2, 0.25) is 0 Å². The van der Waals surface area contributed by atoms with Gasteiger partial charge in [0, 0.05) is 52.4 Å². The normalized spacial score (nSPS) is 18.3. The Hall–Kier alpha value is -2.52. The van der Waals surface area contributed by atoms with Crippen molar-refractivity contribution in [2.75, 3.05) is 39.3 Å². The molecule has 2 unspecified atom stereocenters. The lowest BCUT2D eigenvalue weighted by Gasteiger charge is -2.35. The number of carbonyl (C=O) groups excluding carboxylic acids is 2. The second-order valence-electron chi connectivity index (χ2n) is 13.5. The largest absolute Gasteiger partial charge is 0.338 e. The Kier molecular flexibility index (Phi) is 17.4. The van der Waals surface area contributed by atoms with Gasteiger partial charge in [-0.1, -0.05) is 98.8 Å². The molecule has 2 aliphatic rings. The summed E-state index contributed by atoms with van der Waals surface area (Å²) >= 11 is 0. The molecule has 2 fully saturated rings. The Morgan fingerprint density at radius 3 is 1.31 bits per heavy atom. The number of halogens is 2. The fourth-order valence-electron chi connectivity index (χ4n) is 7.27. The molecule has 0 radical (unpaired) electrons. The predicted molar refractivity (Wildman–Crippen MR) is 207 cm³/mol. The van der Waals surface area contributed by atoms with Gasteiger partial charge in [-0.2, -0.15) is 0 Å². The van der Waals surface area contributed by atoms with Gasteiger partial charge >= 0.3 is 0 Å². The highest BCUT2D eigenvalue weighted by Crippen LogP contribution is 2.24. The zero-order valence-corrected chi connectivity index (χ0v) is 32.4. The van der Waals surface area contributed by atoms with E-state index in [0.29, 0.717) is 24.9 Å². The molecule has 2 atom stereocenters. The number of hydrogen-bond acceptors (Lipinski definition) is 4. The number of benzene rings is 3. The summed E-state index contributed by atoms with van der Waals surface area (Å²) in [5.41, 5.74) is 5.00. The summed E-state index contributed by atoms with van der Waals surface area (Å²) < 4.78 is 0. The Bertz CT molecular complexity index is 1250. The van der Waals surface area contributed by atoms with Crippen LogP contribution in [0.3, 0.4) is 0 Å². The number of hydrogen-bond donors (Lipinski definition) is 0. The number of rotatable bonds is 14. The van der Waals surface area contributed by atoms with Gasteiger partial charge in [-0.05, 0) is 73.9 Å². The Morgan fingerprint density at radius 1 is 0.583 bits per heavy atom. The number of likely N-dealkylation sites (tertiary alicyclic amines) is 2. The van der Waals surface area contributed by atoms with Gasteiger partial charge in [0.05, 0.1) is 11.8 Å². The first kappa shape index (κ1) is 39.9. The molecule has 0 N–H and O–H groups in total. The summed E-state index contributed by atoms with van der Waals surface area (Å²) in [6, 6.07) is 29.8. The van der Waals surface area contributed by atoms with Crippen LogP contribution in [0, 0.1) is 11.8 Å². The number of amides is 2. The summed E-state index contributed by atoms with van der Waals surface area (Å²) in [6.07, 6.45) is 6.03. The molecule has 0 bridgehead atoms. The Labute approximate surface area is 310 Å². The lowest BCUT2D eigenvalue weighted by molar-refractivity contribution is -0.138. The maximum absolute atomic E-state index is 13.6. The minimum absolute atomic E-state index is 0. The summed E-state index contributed by atoms with van der Waals surface area (Å²) in [5.74, 6) is 0.752. The van der Waals surface area contributed by atoms with Gasteiger partial charge < -0.3 is 9.80 Å². The van der Waals surface area contributed by atoms with Crippen LogP contribution in [0.25, 0.3) is 0 Å². The van der Waals surface area contributed by atoms with Gasteiger partial charge in [0.15, 0.2) is 0 Å². The molecule has 3 aromatic carbocycles. The minimum Gasteiger partial charge on any atom is -0.338 e. The molecule has 0 saturated carbocycles. The maximum Gasteiger partial charge on any atom is 0.227 e. The molecule has 2 saturated heterocycles. The number of nitrogens with zero attached hydrogens (tertiary/aromatic N) is 4. The first-order valence-electron chi connectivity index (χ1n) is 17.7. The molecule has 262 valence electrons. The fourth-order valence-corrected chi connectivity index (χ4v) is 7.27. The molecule has 6 nitrogen and oxygen atoms in total. The molecule has 3 aromatic rings. The number of piperidine rings is 2. The number of carbonyl (C=O) groups is 2. The lowest BCUT2D eigenvalue weighted by Crippen LogP contribution is -2.44. The third-order valence-corrected chi connectivity index (χ3v) is 9.59. The molecule has 5 rings (SSSR count). The van der Waals surface area contributed by atoms with Crippen LogP contribution in [0.15, 0.2) is 84.9 Å². The van der Waals surface area contributed by atoms with Gasteiger partial charge in [-0.15, -0.1) is 34.0 Å². The van der Waals surface area contributed by atoms with Gasteiger partial charge in [0.1, 0.15) is 0 Å². The SMILES string of the molecule is Br.Br.CCCN(Cc1ccccc1)C(=O)C1CCCN(Cc2ccc(CN3CCCC(C(=O)N(CCC)Cc4ccccc4)C3)cc2)C1. The zero-order chi connectivity index (χ0) is 32.1. The first-order valence-corrected chi connectivity index (χ1v) is 17.7. The molecule has 2 aliphatic heterocycles. The van der Waals surface area contributed by atoms with E-state index in [1.54, 1.807) is 0 Å². The van der Waals surface area contributed by atoms with E-state index in [0.717, 1.165) is 90.9 Å². The smallest absolute Gasteiger partial charge is 0.227 e. The second kappa shape index (κ2) is 20.9. The van der Waals surface area contributed by atoms with Crippen molar-refractivity contribution < 1.29 is 9.59 Å². The van der Waals surface area contributed by atoms with Gasteiger partial charge in [0.2, 0.25) is 11.8 Å². The van der Waals surface area contributed by atoms with E-state index in [-0.39, 0.29) is 45.8 Å². The molecule has 8 heteroatoms. The van der Waals surface area contributed by atoms with Crippen LogP contribution in [0.1, 0.15) is 74.6 Å². The molecule has 0 spiro atoms. The lowest BCUT2D eigenvalue weighted by atomic mass is 9.95. The maximum atomic E-state index is 13.6. The van der Waals surface area contributed by atoms with Gasteiger partial charge in [-0.3, -0.25) is 19.4 Å². The summed E-state index contributed by atoms with van der Waals surface area (Å²) in [5, 5.41) is 0. The van der Waals surface area contributed by atoms with Crippen molar-refractivity contribution in [3.05, 3.63) is 107 Å². The van der Waals surface area contributed by atoms with Crippen LogP contribution in [-0.4, -0.2) is 70.7 Å². The molecule has 0 aliphatic carbocycles. The standard InChI is InChI=1S/C40H54N4O2.2BrH/c1-3-23-43(29-33-13-7-5-8-14-33)39(45)37-17-11-25-41(31-37)27-35-19-21-36(22-20-35)28-42-26-12-18-38(32-42)40(46)44(24-4-2)30-34-15-9-6-10-16-34;;/h5-10,13-16,19-22,37-38H,3-4,11-12,17-18,23-32H2,1-2H3;2*1H. The van der Waals surface area contributed by atoms with Crippen molar-refractivity contribution in [2.24, 2.45) is 11.8 Å². The molecular weight excluding hydrogens is 728 g/mol.